The van der Waals surface area contributed by atoms with E-state index in [2.05, 4.69) is 5.32 Å². The monoisotopic (exact) mass is 384 g/mol. The highest BCUT2D eigenvalue weighted by atomic mass is 32.2. The van der Waals surface area contributed by atoms with Gasteiger partial charge in [0.25, 0.3) is 0 Å². The summed E-state index contributed by atoms with van der Waals surface area (Å²) in [5, 5.41) is 11.4. The number of aliphatic hydroxyl groups is 1. The first-order chi connectivity index (χ1) is 12.4. The quantitative estimate of drug-likeness (QED) is 0.707. The number of aryl methyl sites for hydroxylation is 1. The molecule has 0 aromatic heterocycles. The third-order valence-corrected chi connectivity index (χ3v) is 6.54. The van der Waals surface area contributed by atoms with E-state index in [-0.39, 0.29) is 36.4 Å². The maximum Gasteiger partial charge on any atom is 0.247 e. The Morgan fingerprint density at radius 1 is 1.31 bits per heavy atom. The van der Waals surface area contributed by atoms with Crippen molar-refractivity contribution in [3.8, 4) is 5.75 Å². The second kappa shape index (κ2) is 9.34. The Morgan fingerprint density at radius 2 is 2.00 bits per heavy atom. The molecule has 0 atom stereocenters. The van der Waals surface area contributed by atoms with Crippen LogP contribution in [0.5, 0.6) is 5.75 Å². The smallest absolute Gasteiger partial charge is 0.247 e. The average molecular weight is 384 g/mol. The van der Waals surface area contributed by atoms with Gasteiger partial charge in [-0.1, -0.05) is 25.3 Å². The largest absolute Gasteiger partial charge is 0.495 e. The Morgan fingerprint density at radius 3 is 2.62 bits per heavy atom. The molecule has 1 fully saturated rings. The van der Waals surface area contributed by atoms with Gasteiger partial charge in [0.1, 0.15) is 10.6 Å². The number of methoxy groups -OCH3 is 1. The normalized spacial score (nSPS) is 15.8. The standard InChI is InChI=1S/C18H28N2O5S/c1-14-8-9-16(25-2)17(12-14)26(23,24)20(13-18(22)19-10-11-21)15-6-4-3-5-7-15/h8-9,12,15,21H,3-7,10-11,13H2,1-2H3,(H,19,22). The lowest BCUT2D eigenvalue weighted by molar-refractivity contribution is -0.121. The molecule has 1 saturated carbocycles. The Balaban J connectivity index is 2.38. The van der Waals surface area contributed by atoms with Gasteiger partial charge in [-0.15, -0.1) is 0 Å². The molecule has 0 unspecified atom stereocenters. The minimum Gasteiger partial charge on any atom is -0.495 e. The number of carbonyl (C=O) groups is 1. The van der Waals surface area contributed by atoms with Gasteiger partial charge in [0, 0.05) is 12.6 Å². The summed E-state index contributed by atoms with van der Waals surface area (Å²) < 4.78 is 33.3. The van der Waals surface area contributed by atoms with E-state index in [0.29, 0.717) is 0 Å². The van der Waals surface area contributed by atoms with Crippen molar-refractivity contribution >= 4 is 15.9 Å². The number of nitrogens with one attached hydrogen (secondary N) is 1. The third-order valence-electron chi connectivity index (χ3n) is 4.62. The van der Waals surface area contributed by atoms with E-state index in [4.69, 9.17) is 9.84 Å². The van der Waals surface area contributed by atoms with E-state index in [0.717, 1.165) is 37.7 Å². The molecular formula is C18H28N2O5S. The molecule has 0 spiro atoms. The van der Waals surface area contributed by atoms with Crippen molar-refractivity contribution in [2.24, 2.45) is 0 Å². The molecule has 1 amide bonds. The number of aliphatic hydroxyl groups excluding tert-OH is 1. The number of hydrogen-bond acceptors (Lipinski definition) is 5. The van der Waals surface area contributed by atoms with Gasteiger partial charge >= 0.3 is 0 Å². The molecule has 0 saturated heterocycles. The predicted octanol–water partition coefficient (Wildman–Crippen LogP) is 1.44. The lowest BCUT2D eigenvalue weighted by atomic mass is 9.95. The highest BCUT2D eigenvalue weighted by Gasteiger charge is 2.35. The molecule has 1 aromatic carbocycles. The van der Waals surface area contributed by atoms with Gasteiger partial charge in [0.05, 0.1) is 20.3 Å². The molecular weight excluding hydrogens is 356 g/mol. The van der Waals surface area contributed by atoms with E-state index in [1.165, 1.54) is 11.4 Å². The van der Waals surface area contributed by atoms with Crippen molar-refractivity contribution in [2.75, 3.05) is 26.8 Å². The zero-order valence-corrected chi connectivity index (χ0v) is 16.2. The average Bonchev–Trinajstić information content (AvgIpc) is 2.65. The molecule has 0 bridgehead atoms. The predicted molar refractivity (Wildman–Crippen MR) is 98.6 cm³/mol. The number of hydrogen-bond donors (Lipinski definition) is 2. The molecule has 2 rings (SSSR count). The van der Waals surface area contributed by atoms with Crippen LogP contribution in [0.15, 0.2) is 23.1 Å². The van der Waals surface area contributed by atoms with Crippen molar-refractivity contribution in [1.29, 1.82) is 0 Å². The molecule has 1 aromatic rings. The van der Waals surface area contributed by atoms with E-state index < -0.39 is 15.9 Å². The SMILES string of the molecule is COc1ccc(C)cc1S(=O)(=O)N(CC(=O)NCCO)C1CCCCC1. The van der Waals surface area contributed by atoms with E-state index >= 15 is 0 Å². The van der Waals surface area contributed by atoms with E-state index in [1.807, 2.05) is 6.92 Å². The van der Waals surface area contributed by atoms with Gasteiger partial charge in [-0.25, -0.2) is 8.42 Å². The van der Waals surface area contributed by atoms with Gasteiger partial charge < -0.3 is 15.2 Å². The van der Waals surface area contributed by atoms with Crippen LogP contribution in [-0.2, 0) is 14.8 Å². The van der Waals surface area contributed by atoms with Gasteiger partial charge in [-0.05, 0) is 37.5 Å². The molecule has 0 radical (unpaired) electrons. The van der Waals surface area contributed by atoms with Crippen LogP contribution in [0.2, 0.25) is 0 Å². The summed E-state index contributed by atoms with van der Waals surface area (Å²) in [5.74, 6) is -0.146. The van der Waals surface area contributed by atoms with Crippen LogP contribution in [0, 0.1) is 6.92 Å². The van der Waals surface area contributed by atoms with E-state index in [9.17, 15) is 13.2 Å². The summed E-state index contributed by atoms with van der Waals surface area (Å²) in [6, 6.07) is 4.79. The Hall–Kier alpha value is -1.64. The number of sulfonamides is 1. The van der Waals surface area contributed by atoms with Crippen LogP contribution < -0.4 is 10.1 Å². The highest BCUT2D eigenvalue weighted by molar-refractivity contribution is 7.89. The molecule has 7 nitrogen and oxygen atoms in total. The highest BCUT2D eigenvalue weighted by Crippen LogP contribution is 2.32. The number of nitrogens with zero attached hydrogens (tertiary/aromatic N) is 1. The van der Waals surface area contributed by atoms with Crippen LogP contribution in [0.3, 0.4) is 0 Å². The summed E-state index contributed by atoms with van der Waals surface area (Å²) in [6.07, 6.45) is 4.44. The van der Waals surface area contributed by atoms with Crippen LogP contribution in [0.4, 0.5) is 0 Å². The van der Waals surface area contributed by atoms with Crippen LogP contribution in [0.1, 0.15) is 37.7 Å². The number of rotatable bonds is 8. The summed E-state index contributed by atoms with van der Waals surface area (Å²) in [6.45, 7) is 1.47. The van der Waals surface area contributed by atoms with Crippen molar-refractivity contribution in [1.82, 2.24) is 9.62 Å². The van der Waals surface area contributed by atoms with Crippen molar-refractivity contribution in [3.63, 3.8) is 0 Å². The van der Waals surface area contributed by atoms with Crippen molar-refractivity contribution < 1.29 is 23.1 Å². The molecule has 8 heteroatoms. The van der Waals surface area contributed by atoms with Crippen molar-refractivity contribution in [2.45, 2.75) is 50.0 Å². The van der Waals surface area contributed by atoms with Crippen LogP contribution in [-0.4, -0.2) is 56.6 Å². The first-order valence-electron chi connectivity index (χ1n) is 8.94. The maximum atomic E-state index is 13.4. The lowest BCUT2D eigenvalue weighted by Gasteiger charge is -2.33. The van der Waals surface area contributed by atoms with Crippen LogP contribution in [0.25, 0.3) is 0 Å². The third kappa shape index (κ3) is 4.96. The molecule has 1 aliphatic rings. The summed E-state index contributed by atoms with van der Waals surface area (Å²) in [4.78, 5) is 12.3. The first-order valence-corrected chi connectivity index (χ1v) is 10.4. The Labute approximate surface area is 155 Å². The van der Waals surface area contributed by atoms with Gasteiger partial charge in [0.2, 0.25) is 15.9 Å². The van der Waals surface area contributed by atoms with Crippen molar-refractivity contribution in [3.05, 3.63) is 23.8 Å². The fourth-order valence-electron chi connectivity index (χ4n) is 3.28. The van der Waals surface area contributed by atoms with Gasteiger partial charge in [-0.3, -0.25) is 4.79 Å². The number of ether oxygens (including phenoxy) is 1. The second-order valence-corrected chi connectivity index (χ2v) is 8.43. The zero-order valence-electron chi connectivity index (χ0n) is 15.4. The number of amides is 1. The molecule has 146 valence electrons. The second-order valence-electron chi connectivity index (χ2n) is 6.57. The Kier molecular flexibility index (Phi) is 7.43. The maximum absolute atomic E-state index is 13.4. The fraction of sp³-hybridized carbons (Fsp3) is 0.611. The van der Waals surface area contributed by atoms with Gasteiger partial charge in [0.15, 0.2) is 0 Å². The molecule has 1 aliphatic carbocycles. The number of benzene rings is 1. The summed E-state index contributed by atoms with van der Waals surface area (Å²) in [5.41, 5.74) is 0.803. The molecule has 0 heterocycles. The lowest BCUT2D eigenvalue weighted by Crippen LogP contribution is -2.47. The molecule has 0 aliphatic heterocycles. The Bertz CT molecular complexity index is 714. The molecule has 26 heavy (non-hydrogen) atoms. The topological polar surface area (TPSA) is 95.9 Å². The van der Waals surface area contributed by atoms with Crippen LogP contribution >= 0.6 is 0 Å². The summed E-state index contributed by atoms with van der Waals surface area (Å²) in [7, 11) is -2.47. The number of carbonyl (C=O) groups excluding carboxylic acids is 1. The zero-order chi connectivity index (χ0) is 19.2. The fourth-order valence-corrected chi connectivity index (χ4v) is 5.17. The van der Waals surface area contributed by atoms with E-state index in [1.54, 1.807) is 18.2 Å². The molecule has 2 N–H and O–H groups in total. The van der Waals surface area contributed by atoms with Gasteiger partial charge in [-0.2, -0.15) is 4.31 Å². The minimum atomic E-state index is -3.90. The summed E-state index contributed by atoms with van der Waals surface area (Å²) >= 11 is 0. The minimum absolute atomic E-state index is 0.0838. The first kappa shape index (κ1) is 20.7.